The Morgan fingerprint density at radius 2 is 1.96 bits per heavy atom. The Morgan fingerprint density at radius 1 is 1.17 bits per heavy atom. The number of sulfonamides is 1. The Balaban J connectivity index is 1.85. The van der Waals surface area contributed by atoms with E-state index >= 15 is 0 Å². The highest BCUT2D eigenvalue weighted by Crippen LogP contribution is 2.12. The lowest BCUT2D eigenvalue weighted by Crippen LogP contribution is -2.30. The lowest BCUT2D eigenvalue weighted by molar-refractivity contribution is -0.121. The van der Waals surface area contributed by atoms with Crippen molar-refractivity contribution in [3.05, 3.63) is 54.0 Å². The quantitative estimate of drug-likeness (QED) is 0.701. The molecule has 1 aromatic carbocycles. The van der Waals surface area contributed by atoms with Crippen LogP contribution in [-0.4, -0.2) is 26.7 Å². The second kappa shape index (κ2) is 7.89. The van der Waals surface area contributed by atoms with Crippen LogP contribution < -0.4 is 10.0 Å². The highest BCUT2D eigenvalue weighted by atomic mass is 32.2. The minimum Gasteiger partial charge on any atom is -0.467 e. The molecule has 1 heterocycles. The third kappa shape index (κ3) is 5.04. The van der Waals surface area contributed by atoms with Gasteiger partial charge in [0.1, 0.15) is 5.76 Å². The molecule has 24 heavy (non-hydrogen) atoms. The number of nitrogens with one attached hydrogen (secondary N) is 2. The Bertz CT molecular complexity index is 813. The molecule has 1 aromatic heterocycles. The molecule has 0 bridgehead atoms. The SMILES string of the molecule is CC(=O)c1cccc(S(=O)(=O)NCCC(=O)NCc2ccco2)c1. The van der Waals surface area contributed by atoms with Crippen molar-refractivity contribution < 1.29 is 22.4 Å². The predicted octanol–water partition coefficient (Wildman–Crippen LogP) is 1.47. The summed E-state index contributed by atoms with van der Waals surface area (Å²) < 4.78 is 31.7. The number of Topliss-reactive ketones (excluding diaryl/α,β-unsaturated/α-hetero) is 1. The van der Waals surface area contributed by atoms with Gasteiger partial charge in [-0.15, -0.1) is 0 Å². The smallest absolute Gasteiger partial charge is 0.240 e. The van der Waals surface area contributed by atoms with Crippen LogP contribution >= 0.6 is 0 Å². The minimum absolute atomic E-state index is 0.00760. The number of hydrogen-bond donors (Lipinski definition) is 2. The first-order valence-corrected chi connectivity index (χ1v) is 8.76. The number of ketones is 1. The molecule has 0 aliphatic carbocycles. The van der Waals surface area contributed by atoms with Crippen LogP contribution in [-0.2, 0) is 21.4 Å². The molecule has 2 aromatic rings. The lowest BCUT2D eigenvalue weighted by Gasteiger charge is -2.08. The summed E-state index contributed by atoms with van der Waals surface area (Å²) in [5.41, 5.74) is 0.314. The number of carbonyl (C=O) groups excluding carboxylic acids is 2. The third-order valence-electron chi connectivity index (χ3n) is 3.23. The van der Waals surface area contributed by atoms with Crippen LogP contribution in [0.4, 0.5) is 0 Å². The first-order valence-electron chi connectivity index (χ1n) is 7.28. The molecule has 2 rings (SSSR count). The van der Waals surface area contributed by atoms with Crippen molar-refractivity contribution in [3.8, 4) is 0 Å². The Hall–Kier alpha value is -2.45. The predicted molar refractivity (Wildman–Crippen MR) is 86.8 cm³/mol. The number of amides is 1. The molecule has 0 aliphatic rings. The summed E-state index contributed by atoms with van der Waals surface area (Å²) >= 11 is 0. The van der Waals surface area contributed by atoms with E-state index in [0.717, 1.165) is 0 Å². The second-order valence-electron chi connectivity index (χ2n) is 5.09. The van der Waals surface area contributed by atoms with Crippen molar-refractivity contribution in [1.29, 1.82) is 0 Å². The van der Waals surface area contributed by atoms with Gasteiger partial charge in [-0.3, -0.25) is 9.59 Å². The van der Waals surface area contributed by atoms with E-state index in [9.17, 15) is 18.0 Å². The summed E-state index contributed by atoms with van der Waals surface area (Å²) in [7, 11) is -3.77. The van der Waals surface area contributed by atoms with Crippen molar-refractivity contribution in [2.75, 3.05) is 6.54 Å². The Labute approximate surface area is 140 Å². The van der Waals surface area contributed by atoms with Crippen LogP contribution in [0.3, 0.4) is 0 Å². The minimum atomic E-state index is -3.77. The molecule has 0 saturated heterocycles. The molecule has 0 unspecified atom stereocenters. The maximum atomic E-state index is 12.2. The first-order chi connectivity index (χ1) is 11.4. The molecule has 0 saturated carbocycles. The van der Waals surface area contributed by atoms with Crippen molar-refractivity contribution in [2.45, 2.75) is 24.8 Å². The van der Waals surface area contributed by atoms with E-state index in [4.69, 9.17) is 4.42 Å². The summed E-state index contributed by atoms with van der Waals surface area (Å²) in [4.78, 5) is 23.0. The zero-order chi connectivity index (χ0) is 17.6. The van der Waals surface area contributed by atoms with Crippen LogP contribution in [0.1, 0.15) is 29.5 Å². The van der Waals surface area contributed by atoms with Crippen molar-refractivity contribution in [1.82, 2.24) is 10.0 Å². The normalized spacial score (nSPS) is 11.2. The highest BCUT2D eigenvalue weighted by Gasteiger charge is 2.15. The monoisotopic (exact) mass is 350 g/mol. The zero-order valence-electron chi connectivity index (χ0n) is 13.1. The largest absolute Gasteiger partial charge is 0.467 e. The number of rotatable bonds is 8. The Morgan fingerprint density at radius 3 is 2.62 bits per heavy atom. The van der Waals surface area contributed by atoms with E-state index in [1.807, 2.05) is 0 Å². The van der Waals surface area contributed by atoms with E-state index < -0.39 is 10.0 Å². The van der Waals surface area contributed by atoms with Gasteiger partial charge in [-0.2, -0.15) is 0 Å². The number of hydrogen-bond acceptors (Lipinski definition) is 5. The summed E-state index contributed by atoms with van der Waals surface area (Å²) in [6, 6.07) is 9.19. The molecule has 8 heteroatoms. The van der Waals surface area contributed by atoms with Gasteiger partial charge in [0.2, 0.25) is 15.9 Å². The number of furan rings is 1. The molecule has 0 atom stereocenters. The summed E-state index contributed by atoms with van der Waals surface area (Å²) in [6.45, 7) is 1.57. The van der Waals surface area contributed by atoms with E-state index in [1.54, 1.807) is 18.2 Å². The van der Waals surface area contributed by atoms with Gasteiger partial charge in [0.25, 0.3) is 0 Å². The van der Waals surface area contributed by atoms with Gasteiger partial charge in [0.05, 0.1) is 17.7 Å². The fourth-order valence-corrected chi connectivity index (χ4v) is 3.03. The van der Waals surface area contributed by atoms with Crippen molar-refractivity contribution in [3.63, 3.8) is 0 Å². The van der Waals surface area contributed by atoms with Gasteiger partial charge in [-0.25, -0.2) is 13.1 Å². The molecule has 1 amide bonds. The molecular weight excluding hydrogens is 332 g/mol. The van der Waals surface area contributed by atoms with Gasteiger partial charge in [0, 0.05) is 18.5 Å². The summed E-state index contributed by atoms with van der Waals surface area (Å²) in [5.74, 6) is 0.0981. The topological polar surface area (TPSA) is 105 Å². The van der Waals surface area contributed by atoms with E-state index in [1.165, 1.54) is 31.4 Å². The average Bonchev–Trinajstić information content (AvgIpc) is 3.06. The molecular formula is C16H18N2O5S. The summed E-state index contributed by atoms with van der Waals surface area (Å²) in [5, 5.41) is 2.62. The molecule has 2 N–H and O–H groups in total. The fraction of sp³-hybridized carbons (Fsp3) is 0.250. The molecule has 0 fully saturated rings. The van der Waals surface area contributed by atoms with E-state index in [0.29, 0.717) is 11.3 Å². The Kier molecular flexibility index (Phi) is 5.88. The van der Waals surface area contributed by atoms with Crippen LogP contribution in [0.25, 0.3) is 0 Å². The molecule has 0 radical (unpaired) electrons. The van der Waals surface area contributed by atoms with Crippen LogP contribution in [0.15, 0.2) is 52.0 Å². The second-order valence-corrected chi connectivity index (χ2v) is 6.85. The van der Waals surface area contributed by atoms with Crippen LogP contribution in [0.5, 0.6) is 0 Å². The maximum Gasteiger partial charge on any atom is 0.240 e. The average molecular weight is 350 g/mol. The third-order valence-corrected chi connectivity index (χ3v) is 4.69. The van der Waals surface area contributed by atoms with E-state index in [-0.39, 0.29) is 36.1 Å². The molecule has 7 nitrogen and oxygen atoms in total. The van der Waals surface area contributed by atoms with Gasteiger partial charge < -0.3 is 9.73 Å². The fourth-order valence-electron chi connectivity index (χ4n) is 1.95. The number of benzene rings is 1. The van der Waals surface area contributed by atoms with Gasteiger partial charge >= 0.3 is 0 Å². The zero-order valence-corrected chi connectivity index (χ0v) is 13.9. The molecule has 0 aliphatic heterocycles. The van der Waals surface area contributed by atoms with Crippen molar-refractivity contribution >= 4 is 21.7 Å². The number of carbonyl (C=O) groups is 2. The van der Waals surface area contributed by atoms with Crippen LogP contribution in [0, 0.1) is 0 Å². The lowest BCUT2D eigenvalue weighted by atomic mass is 10.2. The van der Waals surface area contributed by atoms with Gasteiger partial charge in [0.15, 0.2) is 5.78 Å². The first kappa shape index (κ1) is 17.9. The maximum absolute atomic E-state index is 12.2. The van der Waals surface area contributed by atoms with Crippen molar-refractivity contribution in [2.24, 2.45) is 0 Å². The van der Waals surface area contributed by atoms with Gasteiger partial charge in [-0.05, 0) is 31.2 Å². The molecule has 0 spiro atoms. The van der Waals surface area contributed by atoms with Gasteiger partial charge in [-0.1, -0.05) is 12.1 Å². The highest BCUT2D eigenvalue weighted by molar-refractivity contribution is 7.89. The van der Waals surface area contributed by atoms with Crippen LogP contribution in [0.2, 0.25) is 0 Å². The molecule has 128 valence electrons. The standard InChI is InChI=1S/C16H18N2O5S/c1-12(19)13-4-2-6-15(10-13)24(21,22)18-8-7-16(20)17-11-14-5-3-9-23-14/h2-6,9-10,18H,7-8,11H2,1H3,(H,17,20). The summed E-state index contributed by atoms with van der Waals surface area (Å²) in [6.07, 6.45) is 1.50. The van der Waals surface area contributed by atoms with E-state index in [2.05, 4.69) is 10.0 Å².